The molecule has 4 atom stereocenters. The first-order valence-corrected chi connectivity index (χ1v) is 10.3. The molecule has 0 spiro atoms. The Morgan fingerprint density at radius 1 is 0.500 bits per heavy atom. The second kappa shape index (κ2) is 9.69. The van der Waals surface area contributed by atoms with E-state index in [-0.39, 0.29) is 26.4 Å². The highest BCUT2D eigenvalue weighted by atomic mass is 16.8. The van der Waals surface area contributed by atoms with Gasteiger partial charge in [0.15, 0.2) is 11.6 Å². The van der Waals surface area contributed by atoms with Crippen molar-refractivity contribution in [1.29, 1.82) is 0 Å². The number of hydrogen-bond donors (Lipinski definition) is 0. The van der Waals surface area contributed by atoms with E-state index in [0.717, 1.165) is 0 Å². The third-order valence-electron chi connectivity index (χ3n) is 4.78. The van der Waals surface area contributed by atoms with Crippen molar-refractivity contribution < 1.29 is 57.1 Å². The van der Waals surface area contributed by atoms with Crippen molar-refractivity contribution in [3.63, 3.8) is 0 Å². The van der Waals surface area contributed by atoms with Gasteiger partial charge in [0.1, 0.15) is 63.7 Å². The predicted octanol–water partition coefficient (Wildman–Crippen LogP) is -0.00680. The van der Waals surface area contributed by atoms with Crippen molar-refractivity contribution in [1.82, 2.24) is 0 Å². The van der Waals surface area contributed by atoms with Gasteiger partial charge < -0.3 is 37.9 Å². The molecule has 0 saturated carbocycles. The van der Waals surface area contributed by atoms with E-state index in [1.165, 1.54) is 0 Å². The summed E-state index contributed by atoms with van der Waals surface area (Å²) in [5.41, 5.74) is 0. The summed E-state index contributed by atoms with van der Waals surface area (Å²) in [4.78, 5) is 48.1. The molecule has 0 unspecified atom stereocenters. The molecule has 3 rings (SSSR count). The summed E-state index contributed by atoms with van der Waals surface area (Å²) in [7, 11) is 0. The maximum atomic E-state index is 12.0. The van der Waals surface area contributed by atoms with Gasteiger partial charge in [0, 0.05) is 0 Å². The summed E-state index contributed by atoms with van der Waals surface area (Å²) in [6.07, 6.45) is -4.20. The van der Waals surface area contributed by atoms with Gasteiger partial charge in [-0.25, -0.2) is 0 Å². The lowest BCUT2D eigenvalue weighted by atomic mass is 10.2. The third kappa shape index (κ3) is 6.86. The second-order valence-corrected chi connectivity index (χ2v) is 8.51. The van der Waals surface area contributed by atoms with Gasteiger partial charge in [-0.05, 0) is 27.7 Å². The predicted molar refractivity (Wildman–Crippen MR) is 101 cm³/mol. The Morgan fingerprint density at radius 2 is 0.719 bits per heavy atom. The van der Waals surface area contributed by atoms with Crippen LogP contribution < -0.4 is 0 Å². The second-order valence-electron chi connectivity index (χ2n) is 8.51. The number of fused-ring (bicyclic) bond motifs is 2. The van der Waals surface area contributed by atoms with Gasteiger partial charge in [-0.1, -0.05) is 0 Å². The highest BCUT2D eigenvalue weighted by Crippen LogP contribution is 2.30. The zero-order valence-electron chi connectivity index (χ0n) is 18.5. The Morgan fingerprint density at radius 3 is 0.938 bits per heavy atom. The van der Waals surface area contributed by atoms with Gasteiger partial charge in [-0.3, -0.25) is 19.2 Å². The maximum Gasteiger partial charge on any atom is 0.317 e. The van der Waals surface area contributed by atoms with E-state index >= 15 is 0 Å². The molecular formula is C20H28O12. The lowest BCUT2D eigenvalue weighted by molar-refractivity contribution is -0.169. The lowest BCUT2D eigenvalue weighted by Gasteiger charge is -2.18. The molecule has 3 fully saturated rings. The van der Waals surface area contributed by atoms with E-state index in [9.17, 15) is 19.2 Å². The number of esters is 4. The first-order chi connectivity index (χ1) is 14.9. The van der Waals surface area contributed by atoms with Crippen LogP contribution >= 0.6 is 0 Å². The Labute approximate surface area is 184 Å². The Hall–Kier alpha value is -2.28. The third-order valence-corrected chi connectivity index (χ3v) is 4.78. The molecule has 12 heteroatoms. The minimum Gasteiger partial charge on any atom is -0.462 e. The Bertz CT molecular complexity index is 627. The summed E-state index contributed by atoms with van der Waals surface area (Å²) >= 11 is 0. The first kappa shape index (κ1) is 24.4. The van der Waals surface area contributed by atoms with Crippen molar-refractivity contribution in [2.24, 2.45) is 0 Å². The molecule has 0 aliphatic carbocycles. The molecule has 0 radical (unpaired) electrons. The fourth-order valence-corrected chi connectivity index (χ4v) is 3.52. The van der Waals surface area contributed by atoms with Gasteiger partial charge in [0.25, 0.3) is 0 Å². The number of carbonyl (C=O) groups excluding carboxylic acids is 4. The maximum absolute atomic E-state index is 12.0. The number of cyclic esters (lactones) is 4. The van der Waals surface area contributed by atoms with Crippen LogP contribution in [0.3, 0.4) is 0 Å². The van der Waals surface area contributed by atoms with Crippen LogP contribution in [0.5, 0.6) is 0 Å². The summed E-state index contributed by atoms with van der Waals surface area (Å²) in [5.74, 6) is -5.25. The molecule has 0 aromatic heterocycles. The van der Waals surface area contributed by atoms with E-state index < -0.39 is 72.7 Å². The SMILES string of the molecule is CC1(C)O[C@@H]2COC(=O)CC(=O)OC[C@H]3OC(C)(C)O[C@@H]3COC(=O)CC(=O)OC[C@H]2O1. The largest absolute Gasteiger partial charge is 0.462 e. The van der Waals surface area contributed by atoms with Crippen molar-refractivity contribution in [2.45, 2.75) is 76.5 Å². The molecule has 0 aromatic carbocycles. The van der Waals surface area contributed by atoms with Gasteiger partial charge >= 0.3 is 23.9 Å². The molecule has 0 aromatic rings. The van der Waals surface area contributed by atoms with E-state index in [1.807, 2.05) is 0 Å². The number of hydrogen-bond acceptors (Lipinski definition) is 12. The highest BCUT2D eigenvalue weighted by Gasteiger charge is 2.44. The number of ether oxygens (including phenoxy) is 8. The Balaban J connectivity index is 1.67. The molecule has 180 valence electrons. The van der Waals surface area contributed by atoms with Crippen LogP contribution in [0, 0.1) is 0 Å². The van der Waals surface area contributed by atoms with Crippen molar-refractivity contribution >= 4 is 23.9 Å². The minimum absolute atomic E-state index is 0.227. The fourth-order valence-electron chi connectivity index (χ4n) is 3.52. The molecule has 3 aliphatic heterocycles. The molecule has 0 bridgehead atoms. The van der Waals surface area contributed by atoms with E-state index in [0.29, 0.717) is 0 Å². The van der Waals surface area contributed by atoms with Crippen LogP contribution in [0.4, 0.5) is 0 Å². The zero-order chi connectivity index (χ0) is 23.5. The average Bonchev–Trinajstić information content (AvgIpc) is 3.14. The number of carbonyl (C=O) groups is 4. The molecular weight excluding hydrogens is 432 g/mol. The van der Waals surface area contributed by atoms with Crippen molar-refractivity contribution in [3.8, 4) is 0 Å². The highest BCUT2D eigenvalue weighted by molar-refractivity contribution is 5.91. The molecule has 3 heterocycles. The van der Waals surface area contributed by atoms with E-state index in [4.69, 9.17) is 37.9 Å². The summed E-state index contributed by atoms with van der Waals surface area (Å²) < 4.78 is 43.1. The minimum atomic E-state index is -1.00. The molecule has 3 saturated heterocycles. The zero-order valence-corrected chi connectivity index (χ0v) is 18.5. The van der Waals surface area contributed by atoms with E-state index in [2.05, 4.69) is 0 Å². The Kier molecular flexibility index (Phi) is 7.38. The summed E-state index contributed by atoms with van der Waals surface area (Å²) in [6, 6.07) is 0. The standard InChI is InChI=1S/C20H28O12/c1-19(2)29-11-7-25-15(21)5-17(23)27-9-13-14(32-20(3,4)31-13)10-28-18(24)6-16(22)26-8-12(11)30-19/h11-14H,5-10H2,1-4H3/t11-,12-,13-,14-/m1/s1. The summed E-state index contributed by atoms with van der Waals surface area (Å²) in [5, 5.41) is 0. The normalized spacial score (nSPS) is 34.1. The van der Waals surface area contributed by atoms with Gasteiger partial charge in [-0.2, -0.15) is 0 Å². The van der Waals surface area contributed by atoms with Crippen LogP contribution in [0.2, 0.25) is 0 Å². The molecule has 32 heavy (non-hydrogen) atoms. The van der Waals surface area contributed by atoms with Gasteiger partial charge in [0.2, 0.25) is 0 Å². The molecule has 0 N–H and O–H groups in total. The van der Waals surface area contributed by atoms with Crippen LogP contribution in [0.25, 0.3) is 0 Å². The average molecular weight is 460 g/mol. The lowest BCUT2D eigenvalue weighted by Crippen LogP contribution is -2.35. The van der Waals surface area contributed by atoms with Crippen molar-refractivity contribution in [3.05, 3.63) is 0 Å². The summed E-state index contributed by atoms with van der Waals surface area (Å²) in [6.45, 7) is 5.69. The quantitative estimate of drug-likeness (QED) is 0.273. The molecule has 0 amide bonds. The smallest absolute Gasteiger partial charge is 0.317 e. The van der Waals surface area contributed by atoms with Crippen LogP contribution in [-0.2, 0) is 57.1 Å². The first-order valence-electron chi connectivity index (χ1n) is 10.3. The van der Waals surface area contributed by atoms with Crippen LogP contribution in [0.15, 0.2) is 0 Å². The monoisotopic (exact) mass is 460 g/mol. The number of rotatable bonds is 0. The van der Waals surface area contributed by atoms with Crippen LogP contribution in [0.1, 0.15) is 40.5 Å². The topological polar surface area (TPSA) is 142 Å². The van der Waals surface area contributed by atoms with E-state index in [1.54, 1.807) is 27.7 Å². The van der Waals surface area contributed by atoms with Crippen LogP contribution in [-0.4, -0.2) is 86.3 Å². The van der Waals surface area contributed by atoms with Gasteiger partial charge in [0.05, 0.1) is 0 Å². The molecule has 12 nitrogen and oxygen atoms in total. The fraction of sp³-hybridized carbons (Fsp3) is 0.800. The molecule has 3 aliphatic rings. The van der Waals surface area contributed by atoms with Gasteiger partial charge in [-0.15, -0.1) is 0 Å². The van der Waals surface area contributed by atoms with Crippen molar-refractivity contribution in [2.75, 3.05) is 26.4 Å².